The second-order valence-electron chi connectivity index (χ2n) is 5.40. The lowest BCUT2D eigenvalue weighted by atomic mass is 10.1. The minimum absolute atomic E-state index is 0.0985. The zero-order valence-corrected chi connectivity index (χ0v) is 14.3. The zero-order chi connectivity index (χ0) is 19.1. The van der Waals surface area contributed by atoms with E-state index in [9.17, 15) is 19.2 Å². The molecule has 0 saturated heterocycles. The molecule has 0 fully saturated rings. The Bertz CT molecular complexity index is 822. The number of rotatable bonds is 7. The normalized spacial score (nSPS) is 10.1. The molecule has 136 valence electrons. The number of ether oxygens (including phenoxy) is 2. The third-order valence-electron chi connectivity index (χ3n) is 3.51. The number of aromatic amines is 1. The van der Waals surface area contributed by atoms with Gasteiger partial charge in [0.15, 0.2) is 12.4 Å². The van der Waals surface area contributed by atoms with Crippen LogP contribution in [0.25, 0.3) is 0 Å². The van der Waals surface area contributed by atoms with Gasteiger partial charge in [0.1, 0.15) is 5.69 Å². The molecule has 8 heteroatoms. The fraction of sp³-hybridized carbons (Fsp3) is 0.222. The molecule has 0 aliphatic heterocycles. The maximum atomic E-state index is 11.8. The average molecular weight is 358 g/mol. The summed E-state index contributed by atoms with van der Waals surface area (Å²) in [5.41, 5.74) is 1.64. The lowest BCUT2D eigenvalue weighted by Gasteiger charge is -2.07. The first kappa shape index (κ1) is 18.9. The molecular weight excluding hydrogens is 340 g/mol. The molecule has 0 aliphatic carbocycles. The van der Waals surface area contributed by atoms with E-state index in [2.05, 4.69) is 15.0 Å². The quantitative estimate of drug-likeness (QED) is 0.572. The van der Waals surface area contributed by atoms with E-state index in [0.717, 1.165) is 5.56 Å². The molecule has 1 aromatic carbocycles. The Morgan fingerprint density at radius 1 is 1.04 bits per heavy atom. The second-order valence-corrected chi connectivity index (χ2v) is 5.40. The van der Waals surface area contributed by atoms with Gasteiger partial charge in [-0.2, -0.15) is 0 Å². The molecule has 0 aliphatic rings. The minimum Gasteiger partial charge on any atom is -0.465 e. The topological polar surface area (TPSA) is 115 Å². The fourth-order valence-electron chi connectivity index (χ4n) is 2.05. The maximum absolute atomic E-state index is 11.8. The van der Waals surface area contributed by atoms with Crippen LogP contribution in [0, 0.1) is 0 Å². The molecule has 0 atom stereocenters. The highest BCUT2D eigenvalue weighted by atomic mass is 16.5. The maximum Gasteiger partial charge on any atom is 0.355 e. The second kappa shape index (κ2) is 8.61. The van der Waals surface area contributed by atoms with Gasteiger partial charge in [-0.25, -0.2) is 9.59 Å². The van der Waals surface area contributed by atoms with Gasteiger partial charge in [0.2, 0.25) is 0 Å². The van der Waals surface area contributed by atoms with Crippen molar-refractivity contribution in [3.05, 3.63) is 58.9 Å². The molecule has 0 radical (unpaired) electrons. The van der Waals surface area contributed by atoms with Gasteiger partial charge in [0.25, 0.3) is 5.91 Å². The first-order valence-electron chi connectivity index (χ1n) is 7.71. The summed E-state index contributed by atoms with van der Waals surface area (Å²) in [6, 6.07) is 7.91. The van der Waals surface area contributed by atoms with Crippen molar-refractivity contribution >= 4 is 23.6 Å². The van der Waals surface area contributed by atoms with E-state index < -0.39 is 24.5 Å². The highest BCUT2D eigenvalue weighted by Crippen LogP contribution is 2.07. The van der Waals surface area contributed by atoms with Gasteiger partial charge >= 0.3 is 11.9 Å². The smallest absolute Gasteiger partial charge is 0.355 e. The van der Waals surface area contributed by atoms with Crippen LogP contribution in [0.5, 0.6) is 0 Å². The van der Waals surface area contributed by atoms with Crippen molar-refractivity contribution in [2.45, 2.75) is 13.5 Å². The number of ketones is 1. The minimum atomic E-state index is -0.727. The van der Waals surface area contributed by atoms with Crippen molar-refractivity contribution in [1.82, 2.24) is 10.3 Å². The molecule has 1 amide bonds. The third-order valence-corrected chi connectivity index (χ3v) is 3.51. The number of Topliss-reactive ketones (excluding diaryl/α,β-unsaturated/α-hetero) is 1. The van der Waals surface area contributed by atoms with Crippen LogP contribution >= 0.6 is 0 Å². The Balaban J connectivity index is 1.78. The van der Waals surface area contributed by atoms with Gasteiger partial charge in [-0.05, 0) is 30.7 Å². The summed E-state index contributed by atoms with van der Waals surface area (Å²) in [4.78, 5) is 48.7. The molecule has 0 spiro atoms. The van der Waals surface area contributed by atoms with Crippen molar-refractivity contribution < 1.29 is 28.7 Å². The van der Waals surface area contributed by atoms with E-state index in [-0.39, 0.29) is 18.0 Å². The van der Waals surface area contributed by atoms with Gasteiger partial charge < -0.3 is 19.8 Å². The summed E-state index contributed by atoms with van der Waals surface area (Å²) >= 11 is 0. The number of carbonyl (C=O) groups excluding carboxylic acids is 4. The first-order chi connectivity index (χ1) is 12.4. The van der Waals surface area contributed by atoms with E-state index in [1.807, 2.05) is 0 Å². The number of methoxy groups -OCH3 is 1. The Kier molecular flexibility index (Phi) is 6.26. The molecule has 0 bridgehead atoms. The number of amides is 1. The number of nitrogens with one attached hydrogen (secondary N) is 2. The SMILES string of the molecule is COC(=O)c1ccc(CNC(=O)COC(=O)c2cc(C(C)=O)c[nH]2)cc1. The lowest BCUT2D eigenvalue weighted by molar-refractivity contribution is -0.124. The van der Waals surface area contributed by atoms with E-state index in [1.165, 1.54) is 26.3 Å². The van der Waals surface area contributed by atoms with Crippen LogP contribution in [0.4, 0.5) is 0 Å². The molecule has 2 N–H and O–H groups in total. The molecule has 8 nitrogen and oxygen atoms in total. The number of hydrogen-bond donors (Lipinski definition) is 2. The van der Waals surface area contributed by atoms with Crippen LogP contribution < -0.4 is 5.32 Å². The predicted molar refractivity (Wildman–Crippen MR) is 90.7 cm³/mol. The first-order valence-corrected chi connectivity index (χ1v) is 7.71. The highest BCUT2D eigenvalue weighted by molar-refractivity contribution is 5.97. The van der Waals surface area contributed by atoms with Crippen LogP contribution in [-0.4, -0.2) is 42.3 Å². The fourth-order valence-corrected chi connectivity index (χ4v) is 2.05. The standard InChI is InChI=1S/C18H18N2O6/c1-11(21)14-7-15(19-9-14)18(24)26-10-16(22)20-8-12-3-5-13(6-4-12)17(23)25-2/h3-7,9,19H,8,10H2,1-2H3,(H,20,22). The summed E-state index contributed by atoms with van der Waals surface area (Å²) in [6.45, 7) is 1.14. The summed E-state index contributed by atoms with van der Waals surface area (Å²) in [6.07, 6.45) is 1.40. The van der Waals surface area contributed by atoms with Gasteiger partial charge in [-0.3, -0.25) is 9.59 Å². The molecule has 0 saturated carbocycles. The third kappa shape index (κ3) is 5.04. The number of hydrogen-bond acceptors (Lipinski definition) is 6. The number of aromatic nitrogens is 1. The van der Waals surface area contributed by atoms with Crippen molar-refractivity contribution in [3.8, 4) is 0 Å². The van der Waals surface area contributed by atoms with Crippen molar-refractivity contribution in [3.63, 3.8) is 0 Å². The van der Waals surface area contributed by atoms with Crippen molar-refractivity contribution in [1.29, 1.82) is 0 Å². The van der Waals surface area contributed by atoms with E-state index in [0.29, 0.717) is 11.1 Å². The number of carbonyl (C=O) groups is 4. The Hall–Kier alpha value is -3.42. The molecule has 2 aromatic rings. The largest absolute Gasteiger partial charge is 0.465 e. The van der Waals surface area contributed by atoms with Crippen LogP contribution in [0.15, 0.2) is 36.5 Å². The van der Waals surface area contributed by atoms with Gasteiger partial charge in [0, 0.05) is 18.3 Å². The van der Waals surface area contributed by atoms with Crippen LogP contribution in [0.1, 0.15) is 43.7 Å². The molecular formula is C18H18N2O6. The summed E-state index contributed by atoms with van der Waals surface area (Å²) < 4.78 is 9.48. The van der Waals surface area contributed by atoms with Crippen LogP contribution in [0.2, 0.25) is 0 Å². The number of benzene rings is 1. The van der Waals surface area contributed by atoms with Gasteiger partial charge in [0.05, 0.1) is 12.7 Å². The molecule has 2 rings (SSSR count). The zero-order valence-electron chi connectivity index (χ0n) is 14.3. The van der Waals surface area contributed by atoms with Crippen LogP contribution in [0.3, 0.4) is 0 Å². The Labute approximate surface area is 149 Å². The molecule has 1 heterocycles. The van der Waals surface area contributed by atoms with Crippen molar-refractivity contribution in [2.75, 3.05) is 13.7 Å². The average Bonchev–Trinajstić information content (AvgIpc) is 3.14. The Morgan fingerprint density at radius 2 is 1.73 bits per heavy atom. The molecule has 26 heavy (non-hydrogen) atoms. The Morgan fingerprint density at radius 3 is 2.31 bits per heavy atom. The van der Waals surface area contributed by atoms with Crippen molar-refractivity contribution in [2.24, 2.45) is 0 Å². The number of H-pyrrole nitrogens is 1. The lowest BCUT2D eigenvalue weighted by Crippen LogP contribution is -2.28. The van der Waals surface area contributed by atoms with Crippen LogP contribution in [-0.2, 0) is 20.8 Å². The monoisotopic (exact) mass is 358 g/mol. The molecule has 1 aromatic heterocycles. The molecule has 0 unspecified atom stereocenters. The number of esters is 2. The predicted octanol–water partition coefficient (Wildman–Crippen LogP) is 1.48. The van der Waals surface area contributed by atoms with E-state index in [1.54, 1.807) is 24.3 Å². The summed E-state index contributed by atoms with van der Waals surface area (Å²) in [5, 5.41) is 2.60. The highest BCUT2D eigenvalue weighted by Gasteiger charge is 2.13. The van der Waals surface area contributed by atoms with Gasteiger partial charge in [-0.15, -0.1) is 0 Å². The summed E-state index contributed by atoms with van der Waals surface area (Å²) in [7, 11) is 1.30. The van der Waals surface area contributed by atoms with Gasteiger partial charge in [-0.1, -0.05) is 12.1 Å². The van der Waals surface area contributed by atoms with E-state index >= 15 is 0 Å². The summed E-state index contributed by atoms with van der Waals surface area (Å²) in [5.74, 6) is -1.83. The van der Waals surface area contributed by atoms with E-state index in [4.69, 9.17) is 4.74 Å².